The number of hydrogen-bond acceptors (Lipinski definition) is 6. The zero-order chi connectivity index (χ0) is 20.5. The molecule has 148 valence electrons. The molecule has 0 heterocycles. The molecule has 1 amide bonds. The number of amides is 1. The predicted octanol–water partition coefficient (Wildman–Crippen LogP) is 3.77. The van der Waals surface area contributed by atoms with E-state index in [0.29, 0.717) is 28.1 Å². The predicted molar refractivity (Wildman–Crippen MR) is 117 cm³/mol. The molecule has 0 atom stereocenters. The molecular weight excluding hydrogens is 543 g/mol. The molecule has 2 aromatic rings. The van der Waals surface area contributed by atoms with Crippen molar-refractivity contribution in [3.8, 4) is 11.5 Å². The summed E-state index contributed by atoms with van der Waals surface area (Å²) in [5, 5.41) is 3.96. The van der Waals surface area contributed by atoms with Gasteiger partial charge in [0.2, 0.25) is 0 Å². The van der Waals surface area contributed by atoms with Gasteiger partial charge < -0.3 is 14.2 Å². The van der Waals surface area contributed by atoms with Crippen LogP contribution in [-0.4, -0.2) is 38.4 Å². The Balaban J connectivity index is 1.96. The topological polar surface area (TPSA) is 86.2 Å². The van der Waals surface area contributed by atoms with E-state index >= 15 is 0 Å². The van der Waals surface area contributed by atoms with Gasteiger partial charge >= 0.3 is 5.97 Å². The number of carbonyl (C=O) groups excluding carboxylic acids is 2. The van der Waals surface area contributed by atoms with Gasteiger partial charge in [0, 0.05) is 5.56 Å². The second-order valence-corrected chi connectivity index (χ2v) is 7.35. The molecule has 0 radical (unpaired) electrons. The number of hydrazone groups is 1. The molecular formula is C19H18BrIN2O5. The summed E-state index contributed by atoms with van der Waals surface area (Å²) < 4.78 is 17.0. The first kappa shape index (κ1) is 22.2. The van der Waals surface area contributed by atoms with E-state index in [1.807, 2.05) is 0 Å². The van der Waals surface area contributed by atoms with Crippen LogP contribution in [-0.2, 0) is 9.53 Å². The minimum absolute atomic E-state index is 0.171. The van der Waals surface area contributed by atoms with Crippen molar-refractivity contribution in [2.24, 2.45) is 5.10 Å². The van der Waals surface area contributed by atoms with Crippen LogP contribution in [0, 0.1) is 3.57 Å². The lowest BCUT2D eigenvalue weighted by Gasteiger charge is -2.08. The highest BCUT2D eigenvalue weighted by atomic mass is 127. The molecule has 0 unspecified atom stereocenters. The second-order valence-electron chi connectivity index (χ2n) is 5.33. The van der Waals surface area contributed by atoms with Crippen LogP contribution in [0.15, 0.2) is 46.0 Å². The van der Waals surface area contributed by atoms with Crippen molar-refractivity contribution in [2.45, 2.75) is 6.92 Å². The zero-order valence-corrected chi connectivity index (χ0v) is 18.9. The summed E-state index contributed by atoms with van der Waals surface area (Å²) in [6.07, 6.45) is 1.50. The highest BCUT2D eigenvalue weighted by Gasteiger charge is 2.09. The maximum Gasteiger partial charge on any atom is 0.344 e. The van der Waals surface area contributed by atoms with Crippen LogP contribution in [0.5, 0.6) is 11.5 Å². The molecule has 0 fully saturated rings. The fourth-order valence-corrected chi connectivity index (χ4v) is 3.15. The Morgan fingerprint density at radius 3 is 2.68 bits per heavy atom. The van der Waals surface area contributed by atoms with Gasteiger partial charge in [-0.15, -0.1) is 0 Å². The number of nitrogens with one attached hydrogen (secondary N) is 1. The molecule has 9 heteroatoms. The van der Waals surface area contributed by atoms with E-state index < -0.39 is 5.97 Å². The number of halogens is 2. The molecule has 0 aromatic heterocycles. The Morgan fingerprint density at radius 2 is 2.00 bits per heavy atom. The molecule has 0 spiro atoms. The van der Waals surface area contributed by atoms with Gasteiger partial charge in [-0.2, -0.15) is 5.10 Å². The third-order valence-electron chi connectivity index (χ3n) is 3.40. The lowest BCUT2D eigenvalue weighted by Crippen LogP contribution is -2.17. The normalized spacial score (nSPS) is 10.6. The third kappa shape index (κ3) is 6.48. The zero-order valence-electron chi connectivity index (χ0n) is 15.2. The second kappa shape index (κ2) is 11.0. The molecule has 0 bridgehead atoms. The van der Waals surface area contributed by atoms with Crippen LogP contribution in [0.2, 0.25) is 0 Å². The van der Waals surface area contributed by atoms with Crippen molar-refractivity contribution >= 4 is 56.6 Å². The van der Waals surface area contributed by atoms with Gasteiger partial charge in [0.05, 0.1) is 28.0 Å². The minimum atomic E-state index is -0.435. The maximum absolute atomic E-state index is 12.2. The molecule has 1 N–H and O–H groups in total. The van der Waals surface area contributed by atoms with Crippen molar-refractivity contribution in [3.05, 3.63) is 55.6 Å². The van der Waals surface area contributed by atoms with Crippen LogP contribution in [0.25, 0.3) is 0 Å². The first-order chi connectivity index (χ1) is 13.4. The lowest BCUT2D eigenvalue weighted by molar-refractivity contribution is -0.145. The van der Waals surface area contributed by atoms with Gasteiger partial charge in [0.25, 0.3) is 5.91 Å². The van der Waals surface area contributed by atoms with Crippen LogP contribution in [0.1, 0.15) is 22.8 Å². The Bertz CT molecular complexity index is 889. The summed E-state index contributed by atoms with van der Waals surface area (Å²) in [5.74, 6) is 0.342. The van der Waals surface area contributed by atoms with Gasteiger partial charge in [-0.3, -0.25) is 4.79 Å². The summed E-state index contributed by atoms with van der Waals surface area (Å²) in [7, 11) is 1.55. The van der Waals surface area contributed by atoms with Crippen molar-refractivity contribution in [3.63, 3.8) is 0 Å². The molecule has 0 saturated carbocycles. The van der Waals surface area contributed by atoms with Gasteiger partial charge in [-0.25, -0.2) is 10.2 Å². The van der Waals surface area contributed by atoms with E-state index in [4.69, 9.17) is 14.2 Å². The first-order valence-corrected chi connectivity index (χ1v) is 10.1. The van der Waals surface area contributed by atoms with E-state index in [1.54, 1.807) is 50.4 Å². The monoisotopic (exact) mass is 560 g/mol. The molecule has 2 aromatic carbocycles. The van der Waals surface area contributed by atoms with Crippen molar-refractivity contribution in [1.82, 2.24) is 5.43 Å². The van der Waals surface area contributed by atoms with Crippen LogP contribution >= 0.6 is 38.5 Å². The SMILES string of the molecule is CCOC(=O)COc1ccc(/C=N\NC(=O)c2ccc(I)c(OC)c2)cc1Br. The van der Waals surface area contributed by atoms with Gasteiger partial charge in [0.15, 0.2) is 6.61 Å². The minimum Gasteiger partial charge on any atom is -0.496 e. The fraction of sp³-hybridized carbons (Fsp3) is 0.211. The van der Waals surface area contributed by atoms with Crippen molar-refractivity contribution < 1.29 is 23.8 Å². The number of methoxy groups -OCH3 is 1. The molecule has 28 heavy (non-hydrogen) atoms. The Hall–Kier alpha value is -2.14. The first-order valence-electron chi connectivity index (χ1n) is 8.19. The van der Waals surface area contributed by atoms with E-state index in [-0.39, 0.29) is 12.5 Å². The number of nitrogens with zero attached hydrogens (tertiary/aromatic N) is 1. The smallest absolute Gasteiger partial charge is 0.344 e. The average Bonchev–Trinajstić information content (AvgIpc) is 2.67. The van der Waals surface area contributed by atoms with E-state index in [1.165, 1.54) is 6.21 Å². The highest BCUT2D eigenvalue weighted by Crippen LogP contribution is 2.25. The van der Waals surface area contributed by atoms with Crippen molar-refractivity contribution in [2.75, 3.05) is 20.3 Å². The third-order valence-corrected chi connectivity index (χ3v) is 4.91. The number of carbonyl (C=O) groups is 2. The number of rotatable bonds is 8. The molecule has 0 aliphatic rings. The Labute approximate surface area is 184 Å². The van der Waals surface area contributed by atoms with Crippen LogP contribution < -0.4 is 14.9 Å². The van der Waals surface area contributed by atoms with E-state index in [9.17, 15) is 9.59 Å². The molecule has 7 nitrogen and oxygen atoms in total. The van der Waals surface area contributed by atoms with Gasteiger partial charge in [-0.1, -0.05) is 0 Å². The summed E-state index contributed by atoms with van der Waals surface area (Å²) >= 11 is 5.50. The van der Waals surface area contributed by atoms with Crippen molar-refractivity contribution in [1.29, 1.82) is 0 Å². The molecule has 2 rings (SSSR count). The largest absolute Gasteiger partial charge is 0.496 e. The van der Waals surface area contributed by atoms with E-state index in [2.05, 4.69) is 49.0 Å². The summed E-state index contributed by atoms with van der Waals surface area (Å²) in [5.41, 5.74) is 3.65. The highest BCUT2D eigenvalue weighted by molar-refractivity contribution is 14.1. The van der Waals surface area contributed by atoms with Gasteiger partial charge in [-0.05, 0) is 87.4 Å². The molecule has 0 aliphatic heterocycles. The number of ether oxygens (including phenoxy) is 3. The summed E-state index contributed by atoms with van der Waals surface area (Å²) in [6.45, 7) is 1.87. The summed E-state index contributed by atoms with van der Waals surface area (Å²) in [4.78, 5) is 23.5. The fourth-order valence-electron chi connectivity index (χ4n) is 2.08. The lowest BCUT2D eigenvalue weighted by atomic mass is 10.2. The number of hydrogen-bond donors (Lipinski definition) is 1. The van der Waals surface area contributed by atoms with Gasteiger partial charge in [0.1, 0.15) is 11.5 Å². The molecule has 0 saturated heterocycles. The Kier molecular flexibility index (Phi) is 8.71. The van der Waals surface area contributed by atoms with E-state index in [0.717, 1.165) is 9.13 Å². The standard InChI is InChI=1S/C19H18BrIN2O5/c1-3-27-18(24)11-28-16-7-4-12(8-14(16)20)10-22-23-19(25)13-5-6-15(21)17(9-13)26-2/h4-10H,3,11H2,1-2H3,(H,23,25)/b22-10-. The summed E-state index contributed by atoms with van der Waals surface area (Å²) in [6, 6.07) is 10.3. The Morgan fingerprint density at radius 1 is 1.21 bits per heavy atom. The molecule has 0 aliphatic carbocycles. The van der Waals surface area contributed by atoms with Crippen LogP contribution in [0.3, 0.4) is 0 Å². The number of esters is 1. The average molecular weight is 561 g/mol. The number of benzene rings is 2. The quantitative estimate of drug-likeness (QED) is 0.230. The maximum atomic E-state index is 12.2. The van der Waals surface area contributed by atoms with Crippen LogP contribution in [0.4, 0.5) is 0 Å².